The van der Waals surface area contributed by atoms with E-state index in [1.807, 2.05) is 55.7 Å². The van der Waals surface area contributed by atoms with Crippen LogP contribution in [0.25, 0.3) is 11.5 Å². The monoisotopic (exact) mass is 356 g/mol. The molecule has 0 unspecified atom stereocenters. The molecule has 6 nitrogen and oxygen atoms in total. The van der Waals surface area contributed by atoms with Crippen molar-refractivity contribution < 1.29 is 9.21 Å². The van der Waals surface area contributed by atoms with Crippen molar-refractivity contribution in [3.63, 3.8) is 0 Å². The van der Waals surface area contributed by atoms with Gasteiger partial charge in [0.05, 0.1) is 18.6 Å². The van der Waals surface area contributed by atoms with E-state index in [4.69, 9.17) is 4.42 Å². The van der Waals surface area contributed by atoms with Crippen LogP contribution in [-0.2, 0) is 11.3 Å². The van der Waals surface area contributed by atoms with Gasteiger partial charge in [-0.3, -0.25) is 14.3 Å². The molecule has 0 spiro atoms. The predicted molar refractivity (Wildman–Crippen MR) is 96.2 cm³/mol. The molecule has 0 amide bonds. The molecule has 0 radical (unpaired) electrons. The molecule has 3 rings (SSSR count). The third-order valence-electron chi connectivity index (χ3n) is 3.67. The van der Waals surface area contributed by atoms with Crippen LogP contribution < -0.4 is 0 Å². The lowest BCUT2D eigenvalue weighted by molar-refractivity contribution is -0.123. The van der Waals surface area contributed by atoms with E-state index < -0.39 is 0 Å². The minimum absolute atomic E-state index is 0.171. The van der Waals surface area contributed by atoms with Gasteiger partial charge in [0.2, 0.25) is 0 Å². The number of nitrogens with zero attached hydrogens (tertiary/aromatic N) is 4. The highest BCUT2D eigenvalue weighted by Crippen LogP contribution is 2.26. The first kappa shape index (κ1) is 17.4. The maximum atomic E-state index is 12.2. The van der Waals surface area contributed by atoms with E-state index in [1.165, 1.54) is 11.8 Å². The van der Waals surface area contributed by atoms with Gasteiger partial charge in [0.25, 0.3) is 0 Å². The first-order chi connectivity index (χ1) is 11.9. The Bertz CT molecular complexity index is 836. The van der Waals surface area contributed by atoms with Crippen LogP contribution in [0.1, 0.15) is 26.5 Å². The number of ketones is 1. The van der Waals surface area contributed by atoms with E-state index in [0.29, 0.717) is 23.3 Å². The van der Waals surface area contributed by atoms with Crippen molar-refractivity contribution in [1.82, 2.24) is 19.7 Å². The molecule has 0 atom stereocenters. The zero-order valence-electron chi connectivity index (χ0n) is 14.5. The molecule has 3 heterocycles. The molecule has 130 valence electrons. The van der Waals surface area contributed by atoms with E-state index in [9.17, 15) is 4.79 Å². The average Bonchev–Trinajstić information content (AvgIpc) is 3.23. The van der Waals surface area contributed by atoms with Crippen LogP contribution in [0.2, 0.25) is 0 Å². The fraction of sp³-hybridized carbons (Fsp3) is 0.333. The molecule has 25 heavy (non-hydrogen) atoms. The van der Waals surface area contributed by atoms with E-state index >= 15 is 0 Å². The van der Waals surface area contributed by atoms with Gasteiger partial charge >= 0.3 is 0 Å². The standard InChI is InChI=1S/C18H20N4O2S/c1-18(2,3)15(23)12-25-17-21-20-16(14-8-4-5-9-19-14)22(17)11-13-7-6-10-24-13/h4-10H,11-12H2,1-3H3. The number of aromatic nitrogens is 4. The Morgan fingerprint density at radius 3 is 2.68 bits per heavy atom. The number of hydrogen-bond donors (Lipinski definition) is 0. The summed E-state index contributed by atoms with van der Waals surface area (Å²) in [5.74, 6) is 1.97. The minimum atomic E-state index is -0.372. The highest BCUT2D eigenvalue weighted by atomic mass is 32.2. The van der Waals surface area contributed by atoms with Crippen LogP contribution in [0.15, 0.2) is 52.4 Å². The summed E-state index contributed by atoms with van der Waals surface area (Å²) in [6.07, 6.45) is 3.35. The number of rotatable bonds is 6. The van der Waals surface area contributed by atoms with Crippen molar-refractivity contribution in [2.75, 3.05) is 5.75 Å². The van der Waals surface area contributed by atoms with Crippen LogP contribution >= 0.6 is 11.8 Å². The van der Waals surface area contributed by atoms with E-state index in [0.717, 1.165) is 11.5 Å². The molecule has 0 N–H and O–H groups in total. The molecule has 0 aromatic carbocycles. The van der Waals surface area contributed by atoms with Crippen molar-refractivity contribution in [1.29, 1.82) is 0 Å². The van der Waals surface area contributed by atoms with Crippen LogP contribution in [0.4, 0.5) is 0 Å². The summed E-state index contributed by atoms with van der Waals surface area (Å²) >= 11 is 1.39. The van der Waals surface area contributed by atoms with Gasteiger partial charge in [-0.25, -0.2) is 0 Å². The lowest BCUT2D eigenvalue weighted by atomic mass is 9.92. The van der Waals surface area contributed by atoms with Crippen LogP contribution in [0.5, 0.6) is 0 Å². The van der Waals surface area contributed by atoms with Gasteiger partial charge in [0, 0.05) is 11.6 Å². The van der Waals surface area contributed by atoms with Gasteiger partial charge in [-0.1, -0.05) is 38.6 Å². The smallest absolute Gasteiger partial charge is 0.192 e. The summed E-state index contributed by atoms with van der Waals surface area (Å²) < 4.78 is 7.39. The van der Waals surface area contributed by atoms with E-state index in [1.54, 1.807) is 12.5 Å². The summed E-state index contributed by atoms with van der Waals surface area (Å²) in [5, 5.41) is 9.23. The Morgan fingerprint density at radius 2 is 2.04 bits per heavy atom. The molecule has 0 aliphatic carbocycles. The lowest BCUT2D eigenvalue weighted by Gasteiger charge is -2.16. The number of pyridine rings is 1. The van der Waals surface area contributed by atoms with Crippen LogP contribution in [-0.4, -0.2) is 31.3 Å². The lowest BCUT2D eigenvalue weighted by Crippen LogP contribution is -2.22. The minimum Gasteiger partial charge on any atom is -0.467 e. The number of thioether (sulfide) groups is 1. The van der Waals surface area contributed by atoms with Gasteiger partial charge in [0.15, 0.2) is 11.0 Å². The van der Waals surface area contributed by atoms with Crippen LogP contribution in [0.3, 0.4) is 0 Å². The van der Waals surface area contributed by atoms with Gasteiger partial charge in [-0.15, -0.1) is 10.2 Å². The Hall–Kier alpha value is -2.41. The second-order valence-electron chi connectivity index (χ2n) is 6.65. The topological polar surface area (TPSA) is 73.8 Å². The molecular weight excluding hydrogens is 336 g/mol. The summed E-state index contributed by atoms with van der Waals surface area (Å²) in [7, 11) is 0. The highest BCUT2D eigenvalue weighted by Gasteiger charge is 2.23. The Morgan fingerprint density at radius 1 is 1.20 bits per heavy atom. The number of carbonyl (C=O) groups is 1. The third kappa shape index (κ3) is 4.17. The van der Waals surface area contributed by atoms with Crippen molar-refractivity contribution >= 4 is 17.5 Å². The number of hydrogen-bond acceptors (Lipinski definition) is 6. The van der Waals surface area contributed by atoms with Crippen molar-refractivity contribution in [3.05, 3.63) is 48.6 Å². The Labute approximate surface area is 150 Å². The van der Waals surface area contributed by atoms with Gasteiger partial charge in [0.1, 0.15) is 17.2 Å². The summed E-state index contributed by atoms with van der Waals surface area (Å²) in [6.45, 7) is 6.24. The molecule has 3 aromatic rings. The first-order valence-corrected chi connectivity index (χ1v) is 8.97. The Balaban J connectivity index is 1.90. The van der Waals surface area contributed by atoms with Crippen molar-refractivity contribution in [2.24, 2.45) is 5.41 Å². The molecule has 0 saturated carbocycles. The van der Waals surface area contributed by atoms with Crippen molar-refractivity contribution in [3.8, 4) is 11.5 Å². The second kappa shape index (κ2) is 7.23. The fourth-order valence-corrected chi connectivity index (χ4v) is 3.23. The molecular formula is C18H20N4O2S. The SMILES string of the molecule is CC(C)(C)C(=O)CSc1nnc(-c2ccccn2)n1Cc1ccco1. The fourth-order valence-electron chi connectivity index (χ4n) is 2.13. The summed E-state index contributed by atoms with van der Waals surface area (Å²) in [4.78, 5) is 16.6. The average molecular weight is 356 g/mol. The quantitative estimate of drug-likeness (QED) is 0.627. The molecule has 0 bridgehead atoms. The molecule has 0 saturated heterocycles. The molecule has 0 aliphatic heterocycles. The van der Waals surface area contributed by atoms with E-state index in [2.05, 4.69) is 15.2 Å². The zero-order valence-corrected chi connectivity index (χ0v) is 15.3. The molecule has 3 aromatic heterocycles. The number of carbonyl (C=O) groups excluding carboxylic acids is 1. The predicted octanol–water partition coefficient (Wildman–Crippen LogP) is 3.69. The zero-order chi connectivity index (χ0) is 17.9. The van der Waals surface area contributed by atoms with Gasteiger partial charge in [-0.05, 0) is 24.3 Å². The van der Waals surface area contributed by atoms with Crippen molar-refractivity contribution in [2.45, 2.75) is 32.5 Å². The summed E-state index contributed by atoms with van der Waals surface area (Å²) in [6, 6.07) is 9.39. The second-order valence-corrected chi connectivity index (χ2v) is 7.59. The number of furan rings is 1. The maximum Gasteiger partial charge on any atom is 0.192 e. The first-order valence-electron chi connectivity index (χ1n) is 7.98. The normalized spacial score (nSPS) is 11.6. The molecule has 0 fully saturated rings. The van der Waals surface area contributed by atoms with Crippen LogP contribution in [0, 0.1) is 5.41 Å². The highest BCUT2D eigenvalue weighted by molar-refractivity contribution is 7.99. The molecule has 7 heteroatoms. The van der Waals surface area contributed by atoms with E-state index in [-0.39, 0.29) is 11.2 Å². The molecule has 0 aliphatic rings. The largest absolute Gasteiger partial charge is 0.467 e. The third-order valence-corrected chi connectivity index (χ3v) is 4.64. The van der Waals surface area contributed by atoms with Gasteiger partial charge < -0.3 is 4.42 Å². The Kier molecular flexibility index (Phi) is 5.03. The van der Waals surface area contributed by atoms with Gasteiger partial charge in [-0.2, -0.15) is 0 Å². The summed E-state index contributed by atoms with van der Waals surface area (Å²) in [5.41, 5.74) is 0.360. The maximum absolute atomic E-state index is 12.2. The number of Topliss-reactive ketones (excluding diaryl/α,β-unsaturated/α-hetero) is 1.